The van der Waals surface area contributed by atoms with Gasteiger partial charge in [0.1, 0.15) is 0 Å². The van der Waals surface area contributed by atoms with Crippen molar-refractivity contribution in [1.82, 2.24) is 0 Å². The molecular weight excluding hydrogens is 284 g/mol. The Kier molecular flexibility index (Phi) is 26.4. The van der Waals surface area contributed by atoms with Gasteiger partial charge in [0.05, 0.1) is 19.8 Å². The van der Waals surface area contributed by atoms with Gasteiger partial charge < -0.3 is 15.3 Å². The van der Waals surface area contributed by atoms with Crippen molar-refractivity contribution < 1.29 is 15.3 Å². The Morgan fingerprint density at radius 3 is 1.19 bits per heavy atom. The maximum Gasteiger partial charge on any atom is 0.0530 e. The van der Waals surface area contributed by atoms with Gasteiger partial charge in [-0.25, -0.2) is 0 Å². The fourth-order valence-electron chi connectivity index (χ4n) is 0.431. The second-order valence-electron chi connectivity index (χ2n) is 2.46. The van der Waals surface area contributed by atoms with Crippen LogP contribution in [0.5, 0.6) is 0 Å². The highest BCUT2D eigenvalue weighted by Gasteiger charge is 1.85. The molecule has 3 N–H and O–H groups in total. The largest absolute Gasteiger partial charge is 0.395 e. The fourth-order valence-corrected chi connectivity index (χ4v) is 3.88. The minimum atomic E-state index is 0.225. The molecule has 3 nitrogen and oxygen atoms in total. The summed E-state index contributed by atoms with van der Waals surface area (Å²) in [5.74, 6) is 3.57. The first-order valence-electron chi connectivity index (χ1n) is 5.14. The minimum absolute atomic E-state index is 0.225. The molecule has 0 aromatic rings. The highest BCUT2D eigenvalue weighted by molar-refractivity contribution is 8.77. The zero-order chi connectivity index (χ0) is 12.5. The summed E-state index contributed by atoms with van der Waals surface area (Å²) in [5, 5.41) is 24.9. The highest BCUT2D eigenvalue weighted by Crippen LogP contribution is 2.20. The van der Waals surface area contributed by atoms with Gasteiger partial charge in [0.25, 0.3) is 0 Å². The van der Waals surface area contributed by atoms with E-state index >= 15 is 0 Å². The summed E-state index contributed by atoms with van der Waals surface area (Å²) in [5.41, 5.74) is 0. The molecule has 16 heavy (non-hydrogen) atoms. The van der Waals surface area contributed by atoms with Crippen LogP contribution in [0.4, 0.5) is 0 Å². The molecule has 0 unspecified atom stereocenters. The second-order valence-corrected chi connectivity index (χ2v) is 7.86. The molecule has 0 bridgehead atoms. The minimum Gasteiger partial charge on any atom is -0.395 e. The Morgan fingerprint density at radius 2 is 0.938 bits per heavy atom. The lowest BCUT2D eigenvalue weighted by atomic mass is 10.6. The predicted octanol–water partition coefficient (Wildman–Crippen LogP) is 2.12. The van der Waals surface area contributed by atoms with Gasteiger partial charge in [-0.15, -0.1) is 0 Å². The third kappa shape index (κ3) is 24.5. The monoisotopic (exact) mass is 306 g/mol. The van der Waals surface area contributed by atoms with Crippen molar-refractivity contribution in [1.29, 1.82) is 0 Å². The third-order valence-electron chi connectivity index (χ3n) is 0.978. The maximum absolute atomic E-state index is 8.33. The molecule has 0 radical (unpaired) electrons. The van der Waals surface area contributed by atoms with Crippen molar-refractivity contribution in [3.63, 3.8) is 0 Å². The van der Waals surface area contributed by atoms with Crippen LogP contribution in [-0.4, -0.2) is 58.2 Å². The smallest absolute Gasteiger partial charge is 0.0530 e. The molecule has 0 rings (SSSR count). The second kappa shape index (κ2) is 21.6. The van der Waals surface area contributed by atoms with Gasteiger partial charge in [-0.05, 0) is 6.42 Å². The molecule has 0 fully saturated rings. The van der Waals surface area contributed by atoms with Crippen molar-refractivity contribution >= 4 is 43.2 Å². The quantitative estimate of drug-likeness (QED) is 0.422. The van der Waals surface area contributed by atoms with Gasteiger partial charge in [0.2, 0.25) is 0 Å². The molecule has 0 spiro atoms. The summed E-state index contributed by atoms with van der Waals surface area (Å²) in [6.45, 7) is 2.92. The topological polar surface area (TPSA) is 60.7 Å². The fraction of sp³-hybridized carbons (Fsp3) is 1.00. The summed E-state index contributed by atoms with van der Waals surface area (Å²) < 4.78 is 0. The van der Waals surface area contributed by atoms with Gasteiger partial charge in [-0.3, -0.25) is 0 Å². The number of aliphatic hydroxyl groups excluding tert-OH is 3. The molecule has 0 saturated carbocycles. The van der Waals surface area contributed by atoms with E-state index in [2.05, 4.69) is 6.92 Å². The van der Waals surface area contributed by atoms with Crippen LogP contribution in [0.2, 0.25) is 0 Å². The molecule has 0 aliphatic carbocycles. The molecule has 0 amide bonds. The molecule has 0 atom stereocenters. The van der Waals surface area contributed by atoms with Gasteiger partial charge in [-0.2, -0.15) is 0 Å². The summed E-state index contributed by atoms with van der Waals surface area (Å²) in [6, 6.07) is 0. The van der Waals surface area contributed by atoms with Gasteiger partial charge >= 0.3 is 0 Å². The van der Waals surface area contributed by atoms with E-state index in [1.807, 2.05) is 10.8 Å². The first-order valence-corrected chi connectivity index (χ1v) is 10.1. The van der Waals surface area contributed by atoms with E-state index in [-0.39, 0.29) is 13.2 Å². The van der Waals surface area contributed by atoms with Crippen molar-refractivity contribution in [2.45, 2.75) is 13.3 Å². The third-order valence-corrected chi connectivity index (χ3v) is 5.93. The number of aliphatic hydroxyl groups is 3. The van der Waals surface area contributed by atoms with Crippen molar-refractivity contribution in [2.24, 2.45) is 0 Å². The molecule has 100 valence electrons. The Balaban J connectivity index is 0. The number of hydrogen-bond acceptors (Lipinski definition) is 7. The molecule has 0 heterocycles. The van der Waals surface area contributed by atoms with Crippen LogP contribution in [0.1, 0.15) is 13.3 Å². The van der Waals surface area contributed by atoms with Crippen LogP contribution in [-0.2, 0) is 0 Å². The molecule has 0 aromatic carbocycles. The highest BCUT2D eigenvalue weighted by atomic mass is 33.1. The SMILES string of the molecule is CCCSSCCO.OCCSSCCO. The van der Waals surface area contributed by atoms with Crippen LogP contribution < -0.4 is 0 Å². The summed E-state index contributed by atoms with van der Waals surface area (Å²) in [7, 11) is 6.75. The zero-order valence-corrected chi connectivity index (χ0v) is 12.9. The molecule has 0 saturated heterocycles. The van der Waals surface area contributed by atoms with E-state index in [1.54, 1.807) is 32.4 Å². The van der Waals surface area contributed by atoms with E-state index < -0.39 is 0 Å². The Labute approximate surface area is 114 Å². The molecule has 7 heteroatoms. The molecule has 0 aliphatic heterocycles. The van der Waals surface area contributed by atoms with Crippen LogP contribution >= 0.6 is 43.2 Å². The van der Waals surface area contributed by atoms with E-state index in [9.17, 15) is 0 Å². The first kappa shape index (κ1) is 19.6. The van der Waals surface area contributed by atoms with Crippen LogP contribution in [0.15, 0.2) is 0 Å². The lowest BCUT2D eigenvalue weighted by Gasteiger charge is -1.93. The van der Waals surface area contributed by atoms with Gasteiger partial charge in [-0.1, -0.05) is 50.1 Å². The average molecular weight is 307 g/mol. The van der Waals surface area contributed by atoms with Crippen LogP contribution in [0.3, 0.4) is 0 Å². The van der Waals surface area contributed by atoms with E-state index in [4.69, 9.17) is 15.3 Å². The number of rotatable bonds is 10. The van der Waals surface area contributed by atoms with E-state index in [0.717, 1.165) is 17.3 Å². The molecule has 0 aromatic heterocycles. The van der Waals surface area contributed by atoms with Gasteiger partial charge in [0, 0.05) is 23.0 Å². The maximum atomic E-state index is 8.33. The van der Waals surface area contributed by atoms with E-state index in [0.29, 0.717) is 6.61 Å². The summed E-state index contributed by atoms with van der Waals surface area (Å²) in [6.07, 6.45) is 1.23. The van der Waals surface area contributed by atoms with Crippen molar-refractivity contribution in [2.75, 3.05) is 42.8 Å². The average Bonchev–Trinajstić information content (AvgIpc) is 2.31. The Hall–Kier alpha value is 1.28. The lowest BCUT2D eigenvalue weighted by Crippen LogP contribution is -1.85. The molecular formula is C9H22O3S4. The molecule has 0 aliphatic rings. The van der Waals surface area contributed by atoms with E-state index in [1.165, 1.54) is 12.2 Å². The first-order chi connectivity index (χ1) is 7.83. The predicted molar refractivity (Wildman–Crippen MR) is 81.4 cm³/mol. The van der Waals surface area contributed by atoms with Crippen molar-refractivity contribution in [3.8, 4) is 0 Å². The van der Waals surface area contributed by atoms with Gasteiger partial charge in [0.15, 0.2) is 0 Å². The normalized spacial score (nSPS) is 9.75. The zero-order valence-electron chi connectivity index (χ0n) is 9.63. The summed E-state index contributed by atoms with van der Waals surface area (Å²) in [4.78, 5) is 0. The standard InChI is InChI=1S/C5H12OS2.C4H10O2S2/c1-2-4-7-8-5-3-6;5-1-3-7-8-4-2-6/h6H,2-5H2,1H3;5-6H,1-4H2. The summed E-state index contributed by atoms with van der Waals surface area (Å²) >= 11 is 0. The van der Waals surface area contributed by atoms with Crippen LogP contribution in [0.25, 0.3) is 0 Å². The Morgan fingerprint density at radius 1 is 0.625 bits per heavy atom. The number of hydrogen-bond donors (Lipinski definition) is 3. The van der Waals surface area contributed by atoms with Crippen molar-refractivity contribution in [3.05, 3.63) is 0 Å². The lowest BCUT2D eigenvalue weighted by molar-refractivity contribution is 0.322. The Bertz CT molecular complexity index is 84.8. The van der Waals surface area contributed by atoms with Crippen LogP contribution in [0, 0.1) is 0 Å².